The molecule has 0 aromatic carbocycles. The SMILES string of the molecule is CC1C(=O)N2CCCC2C(=O)N1CC(C)(C)S(C)(=O)=O. The van der Waals surface area contributed by atoms with Crippen molar-refractivity contribution in [3.63, 3.8) is 0 Å². The average Bonchev–Trinajstić information content (AvgIpc) is 2.79. The summed E-state index contributed by atoms with van der Waals surface area (Å²) in [6, 6.07) is -0.980. The van der Waals surface area contributed by atoms with Gasteiger partial charge in [-0.15, -0.1) is 0 Å². The van der Waals surface area contributed by atoms with Gasteiger partial charge in [-0.25, -0.2) is 8.42 Å². The number of rotatable bonds is 3. The van der Waals surface area contributed by atoms with Crippen LogP contribution in [0.25, 0.3) is 0 Å². The predicted octanol–water partition coefficient (Wildman–Crippen LogP) is 0.0313. The number of nitrogens with zero attached hydrogens (tertiary/aromatic N) is 2. The van der Waals surface area contributed by atoms with Crippen LogP contribution in [0.1, 0.15) is 33.6 Å². The standard InChI is InChI=1S/C13H22N2O4S/c1-9-11(16)14-7-5-6-10(14)12(17)15(9)8-13(2,3)20(4,18)19/h9-10H,5-8H2,1-4H3. The van der Waals surface area contributed by atoms with Crippen LogP contribution in [-0.4, -0.2) is 66.2 Å². The Hall–Kier alpha value is -1.11. The van der Waals surface area contributed by atoms with Gasteiger partial charge in [0.15, 0.2) is 9.84 Å². The number of hydrogen-bond donors (Lipinski definition) is 0. The van der Waals surface area contributed by atoms with E-state index >= 15 is 0 Å². The molecule has 0 bridgehead atoms. The lowest BCUT2D eigenvalue weighted by Gasteiger charge is -2.43. The fourth-order valence-electron chi connectivity index (χ4n) is 2.79. The van der Waals surface area contributed by atoms with Crippen LogP contribution in [-0.2, 0) is 19.4 Å². The van der Waals surface area contributed by atoms with Gasteiger partial charge in [-0.1, -0.05) is 0 Å². The van der Waals surface area contributed by atoms with Crippen LogP contribution >= 0.6 is 0 Å². The summed E-state index contributed by atoms with van der Waals surface area (Å²) in [5, 5.41) is 0. The monoisotopic (exact) mass is 302 g/mol. The molecule has 0 aromatic rings. The summed E-state index contributed by atoms with van der Waals surface area (Å²) in [5.41, 5.74) is 0. The second-order valence-corrected chi connectivity index (χ2v) is 9.01. The molecular formula is C13H22N2O4S. The molecule has 2 amide bonds. The number of sulfone groups is 1. The molecule has 7 heteroatoms. The number of amides is 2. The van der Waals surface area contributed by atoms with E-state index in [0.717, 1.165) is 12.7 Å². The highest BCUT2D eigenvalue weighted by Gasteiger charge is 2.48. The summed E-state index contributed by atoms with van der Waals surface area (Å²) in [5.74, 6) is -0.192. The number of carbonyl (C=O) groups is 2. The molecule has 0 saturated carbocycles. The lowest BCUT2D eigenvalue weighted by atomic mass is 10.0. The van der Waals surface area contributed by atoms with E-state index in [1.54, 1.807) is 25.7 Å². The van der Waals surface area contributed by atoms with Crippen LogP contribution < -0.4 is 0 Å². The first-order valence-electron chi connectivity index (χ1n) is 6.87. The third-order valence-corrected chi connectivity index (χ3v) is 6.62. The van der Waals surface area contributed by atoms with Gasteiger partial charge in [-0.3, -0.25) is 9.59 Å². The highest BCUT2D eigenvalue weighted by molar-refractivity contribution is 7.92. The third-order valence-electron chi connectivity index (χ3n) is 4.48. The van der Waals surface area contributed by atoms with Gasteiger partial charge in [0.25, 0.3) is 0 Å². The second-order valence-electron chi connectivity index (χ2n) is 6.36. The van der Waals surface area contributed by atoms with Crippen molar-refractivity contribution in [1.82, 2.24) is 9.80 Å². The van der Waals surface area contributed by atoms with E-state index < -0.39 is 26.7 Å². The molecular weight excluding hydrogens is 280 g/mol. The normalized spacial score (nSPS) is 28.0. The molecule has 0 aliphatic carbocycles. The molecule has 2 heterocycles. The highest BCUT2D eigenvalue weighted by Crippen LogP contribution is 2.29. The maximum absolute atomic E-state index is 12.5. The number of carbonyl (C=O) groups excluding carboxylic acids is 2. The van der Waals surface area contributed by atoms with Crippen molar-refractivity contribution < 1.29 is 18.0 Å². The van der Waals surface area contributed by atoms with Crippen LogP contribution in [0.2, 0.25) is 0 Å². The van der Waals surface area contributed by atoms with Gasteiger partial charge in [-0.2, -0.15) is 0 Å². The molecule has 6 nitrogen and oxygen atoms in total. The molecule has 2 saturated heterocycles. The Morgan fingerprint density at radius 3 is 2.40 bits per heavy atom. The molecule has 2 aliphatic rings. The van der Waals surface area contributed by atoms with Crippen molar-refractivity contribution in [2.24, 2.45) is 0 Å². The molecule has 114 valence electrons. The maximum Gasteiger partial charge on any atom is 0.246 e. The fraction of sp³-hybridized carbons (Fsp3) is 0.846. The molecule has 2 atom stereocenters. The van der Waals surface area contributed by atoms with Gasteiger partial charge < -0.3 is 9.80 Å². The third kappa shape index (κ3) is 2.32. The Bertz CT molecular complexity index is 541. The minimum absolute atomic E-state index is 0.0575. The number of piperazine rings is 1. The number of fused-ring (bicyclic) bond motifs is 1. The Balaban J connectivity index is 2.27. The first kappa shape index (κ1) is 15.3. The zero-order chi connectivity index (χ0) is 15.3. The van der Waals surface area contributed by atoms with E-state index in [0.29, 0.717) is 13.0 Å². The fourth-order valence-corrected chi connectivity index (χ4v) is 3.16. The second kappa shape index (κ2) is 4.72. The van der Waals surface area contributed by atoms with Gasteiger partial charge in [0.2, 0.25) is 11.8 Å². The summed E-state index contributed by atoms with van der Waals surface area (Å²) >= 11 is 0. The minimum atomic E-state index is -3.31. The van der Waals surface area contributed by atoms with Crippen molar-refractivity contribution >= 4 is 21.7 Å². The maximum atomic E-state index is 12.5. The molecule has 2 unspecified atom stereocenters. The largest absolute Gasteiger partial charge is 0.329 e. The molecule has 20 heavy (non-hydrogen) atoms. The lowest BCUT2D eigenvalue weighted by molar-refractivity contribution is -0.158. The van der Waals surface area contributed by atoms with E-state index in [1.165, 1.54) is 4.90 Å². The van der Waals surface area contributed by atoms with Crippen molar-refractivity contribution in [2.75, 3.05) is 19.3 Å². The van der Waals surface area contributed by atoms with Crippen LogP contribution in [0, 0.1) is 0 Å². The van der Waals surface area contributed by atoms with Gasteiger partial charge >= 0.3 is 0 Å². The van der Waals surface area contributed by atoms with Crippen LogP contribution in [0.15, 0.2) is 0 Å². The zero-order valence-corrected chi connectivity index (χ0v) is 13.2. The van der Waals surface area contributed by atoms with Crippen LogP contribution in [0.5, 0.6) is 0 Å². The number of hydrogen-bond acceptors (Lipinski definition) is 4. The molecule has 0 spiro atoms. The Labute approximate surface area is 120 Å². The summed E-state index contributed by atoms with van der Waals surface area (Å²) in [6.07, 6.45) is 2.67. The van der Waals surface area contributed by atoms with E-state index in [9.17, 15) is 18.0 Å². The summed E-state index contributed by atoms with van der Waals surface area (Å²) in [7, 11) is -3.31. The topological polar surface area (TPSA) is 74.8 Å². The Morgan fingerprint density at radius 1 is 1.25 bits per heavy atom. The quantitative estimate of drug-likeness (QED) is 0.737. The first-order valence-corrected chi connectivity index (χ1v) is 8.76. The van der Waals surface area contributed by atoms with Crippen molar-refractivity contribution in [3.8, 4) is 0 Å². The Kier molecular flexibility index (Phi) is 3.60. The average molecular weight is 302 g/mol. The highest BCUT2D eigenvalue weighted by atomic mass is 32.2. The summed E-state index contributed by atoms with van der Waals surface area (Å²) in [6.45, 7) is 5.54. The van der Waals surface area contributed by atoms with Gasteiger partial charge in [0.05, 0.1) is 4.75 Å². The van der Waals surface area contributed by atoms with Crippen LogP contribution in [0.4, 0.5) is 0 Å². The van der Waals surface area contributed by atoms with E-state index in [4.69, 9.17) is 0 Å². The molecule has 0 radical (unpaired) electrons. The Morgan fingerprint density at radius 2 is 1.85 bits per heavy atom. The zero-order valence-electron chi connectivity index (χ0n) is 12.4. The molecule has 0 N–H and O–H groups in total. The van der Waals surface area contributed by atoms with E-state index in [2.05, 4.69) is 0 Å². The molecule has 2 rings (SSSR count). The van der Waals surface area contributed by atoms with Gasteiger partial charge in [0, 0.05) is 19.3 Å². The molecule has 2 fully saturated rings. The predicted molar refractivity (Wildman–Crippen MR) is 74.8 cm³/mol. The molecule has 0 aromatic heterocycles. The summed E-state index contributed by atoms with van der Waals surface area (Å²) < 4.78 is 22.6. The van der Waals surface area contributed by atoms with Gasteiger partial charge in [-0.05, 0) is 33.6 Å². The lowest BCUT2D eigenvalue weighted by Crippen LogP contribution is -2.64. The first-order chi connectivity index (χ1) is 9.06. The van der Waals surface area contributed by atoms with Crippen molar-refractivity contribution in [3.05, 3.63) is 0 Å². The van der Waals surface area contributed by atoms with Crippen LogP contribution in [0.3, 0.4) is 0 Å². The van der Waals surface area contributed by atoms with Crippen molar-refractivity contribution in [2.45, 2.75) is 50.4 Å². The van der Waals surface area contributed by atoms with E-state index in [-0.39, 0.29) is 18.4 Å². The van der Waals surface area contributed by atoms with Crippen molar-refractivity contribution in [1.29, 1.82) is 0 Å². The van der Waals surface area contributed by atoms with E-state index in [1.807, 2.05) is 0 Å². The minimum Gasteiger partial charge on any atom is -0.329 e. The van der Waals surface area contributed by atoms with Gasteiger partial charge in [0.1, 0.15) is 12.1 Å². The smallest absolute Gasteiger partial charge is 0.246 e. The molecule has 2 aliphatic heterocycles. The summed E-state index contributed by atoms with van der Waals surface area (Å²) in [4.78, 5) is 27.9.